The van der Waals surface area contributed by atoms with Gasteiger partial charge in [0.2, 0.25) is 0 Å². The molecule has 180 valence electrons. The van der Waals surface area contributed by atoms with Crippen LogP contribution in [0.25, 0.3) is 6.08 Å². The smallest absolute Gasteiger partial charge is 0.329 e. The second kappa shape index (κ2) is 11.0. The van der Waals surface area contributed by atoms with Gasteiger partial charge in [-0.15, -0.1) is 0 Å². The minimum Gasteiger partial charge on any atom is -0.490 e. The van der Waals surface area contributed by atoms with Crippen LogP contribution >= 0.6 is 31.9 Å². The molecule has 1 N–H and O–H groups in total. The van der Waals surface area contributed by atoms with E-state index in [9.17, 15) is 14.0 Å². The van der Waals surface area contributed by atoms with Crippen molar-refractivity contribution >= 4 is 49.9 Å². The molecule has 35 heavy (non-hydrogen) atoms. The topological polar surface area (TPSA) is 67.9 Å². The van der Waals surface area contributed by atoms with Crippen molar-refractivity contribution in [3.63, 3.8) is 0 Å². The summed E-state index contributed by atoms with van der Waals surface area (Å²) < 4.78 is 26.6. The zero-order valence-electron chi connectivity index (χ0n) is 18.7. The van der Waals surface area contributed by atoms with Gasteiger partial charge in [0.05, 0.1) is 13.2 Å². The van der Waals surface area contributed by atoms with Gasteiger partial charge in [-0.3, -0.25) is 9.69 Å². The summed E-state index contributed by atoms with van der Waals surface area (Å²) in [5, 5.41) is 2.61. The van der Waals surface area contributed by atoms with Gasteiger partial charge in [-0.1, -0.05) is 56.1 Å². The van der Waals surface area contributed by atoms with Crippen LogP contribution in [-0.4, -0.2) is 23.4 Å². The molecule has 4 rings (SSSR count). The Labute approximate surface area is 219 Å². The molecule has 3 aromatic carbocycles. The number of urea groups is 1. The van der Waals surface area contributed by atoms with E-state index in [1.807, 2.05) is 31.2 Å². The SMILES string of the molecule is CCOc1cc(/C=C2/NC(=O)N(Cc3ccc(F)cc3)C2=O)c(Br)cc1OCc1ccc(Br)cc1. The van der Waals surface area contributed by atoms with Gasteiger partial charge in [-0.05, 0) is 66.1 Å². The molecule has 0 atom stereocenters. The lowest BCUT2D eigenvalue weighted by molar-refractivity contribution is -0.123. The average molecular weight is 604 g/mol. The second-order valence-electron chi connectivity index (χ2n) is 7.67. The fraction of sp³-hybridized carbons (Fsp3) is 0.154. The molecule has 3 aromatic rings. The molecule has 0 unspecified atom stereocenters. The Hall–Kier alpha value is -3.17. The van der Waals surface area contributed by atoms with Gasteiger partial charge in [-0.25, -0.2) is 9.18 Å². The Bertz CT molecular complexity index is 1280. The molecule has 0 radical (unpaired) electrons. The van der Waals surface area contributed by atoms with E-state index in [4.69, 9.17) is 9.47 Å². The third-order valence-electron chi connectivity index (χ3n) is 5.19. The first-order valence-corrected chi connectivity index (χ1v) is 12.3. The molecule has 6 nitrogen and oxygen atoms in total. The molecule has 1 fully saturated rings. The zero-order chi connectivity index (χ0) is 24.9. The first kappa shape index (κ1) is 24.9. The van der Waals surface area contributed by atoms with Crippen molar-refractivity contribution in [2.24, 2.45) is 0 Å². The summed E-state index contributed by atoms with van der Waals surface area (Å²) in [6.07, 6.45) is 1.58. The van der Waals surface area contributed by atoms with Crippen molar-refractivity contribution in [2.75, 3.05) is 6.61 Å². The summed E-state index contributed by atoms with van der Waals surface area (Å²) in [6.45, 7) is 2.68. The van der Waals surface area contributed by atoms with Gasteiger partial charge in [0.15, 0.2) is 11.5 Å². The zero-order valence-corrected chi connectivity index (χ0v) is 21.9. The first-order valence-electron chi connectivity index (χ1n) is 10.8. The van der Waals surface area contributed by atoms with E-state index in [0.717, 1.165) is 14.9 Å². The van der Waals surface area contributed by atoms with Crippen LogP contribution in [-0.2, 0) is 17.9 Å². The highest BCUT2D eigenvalue weighted by atomic mass is 79.9. The normalized spacial score (nSPS) is 14.4. The number of nitrogens with one attached hydrogen (secondary N) is 1. The Kier molecular flexibility index (Phi) is 7.87. The number of benzene rings is 3. The Morgan fingerprint density at radius 1 is 0.943 bits per heavy atom. The second-order valence-corrected chi connectivity index (χ2v) is 9.44. The number of halogens is 3. The van der Waals surface area contributed by atoms with Crippen LogP contribution in [0.2, 0.25) is 0 Å². The molecule has 1 aliphatic heterocycles. The lowest BCUT2D eigenvalue weighted by Gasteiger charge is -2.14. The molecular weight excluding hydrogens is 583 g/mol. The van der Waals surface area contributed by atoms with E-state index in [0.29, 0.717) is 40.3 Å². The molecule has 0 spiro atoms. The third-order valence-corrected chi connectivity index (χ3v) is 6.40. The number of ether oxygens (including phenoxy) is 2. The van der Waals surface area contributed by atoms with E-state index < -0.39 is 11.9 Å². The lowest BCUT2D eigenvalue weighted by Crippen LogP contribution is -2.30. The van der Waals surface area contributed by atoms with Crippen LogP contribution in [0, 0.1) is 5.82 Å². The monoisotopic (exact) mass is 602 g/mol. The van der Waals surface area contributed by atoms with Crippen molar-refractivity contribution in [2.45, 2.75) is 20.1 Å². The van der Waals surface area contributed by atoms with E-state index in [1.54, 1.807) is 18.2 Å². The fourth-order valence-electron chi connectivity index (χ4n) is 3.43. The summed E-state index contributed by atoms with van der Waals surface area (Å²) in [5.74, 6) is 0.202. The van der Waals surface area contributed by atoms with Gasteiger partial charge in [0.25, 0.3) is 5.91 Å². The molecule has 0 aliphatic carbocycles. The highest BCUT2D eigenvalue weighted by Crippen LogP contribution is 2.36. The number of carbonyl (C=O) groups is 2. The number of carbonyl (C=O) groups excluding carboxylic acids is 2. The van der Waals surface area contributed by atoms with Crippen LogP contribution in [0.4, 0.5) is 9.18 Å². The standard InChI is InChI=1S/C26H21Br2FN2O4/c1-2-34-23-12-18(21(28)13-24(23)35-15-17-3-7-19(27)8-4-17)11-22-25(32)31(26(33)30-22)14-16-5-9-20(29)10-6-16/h3-13H,2,14-15H2,1H3,(H,30,33)/b22-11+. The Morgan fingerprint density at radius 3 is 2.29 bits per heavy atom. The maximum atomic E-state index is 13.2. The fourth-order valence-corrected chi connectivity index (χ4v) is 4.13. The number of hydrogen-bond donors (Lipinski definition) is 1. The van der Waals surface area contributed by atoms with Crippen LogP contribution < -0.4 is 14.8 Å². The van der Waals surface area contributed by atoms with Crippen molar-refractivity contribution in [1.82, 2.24) is 10.2 Å². The van der Waals surface area contributed by atoms with Crippen LogP contribution in [0.1, 0.15) is 23.6 Å². The van der Waals surface area contributed by atoms with Gasteiger partial charge in [0, 0.05) is 8.95 Å². The van der Waals surface area contributed by atoms with Crippen molar-refractivity contribution < 1.29 is 23.5 Å². The van der Waals surface area contributed by atoms with Crippen LogP contribution in [0.5, 0.6) is 11.5 Å². The maximum Gasteiger partial charge on any atom is 0.329 e. The number of amides is 3. The lowest BCUT2D eigenvalue weighted by atomic mass is 10.1. The number of rotatable bonds is 8. The van der Waals surface area contributed by atoms with E-state index in [2.05, 4.69) is 37.2 Å². The molecule has 0 saturated carbocycles. The summed E-state index contributed by atoms with van der Waals surface area (Å²) in [4.78, 5) is 26.4. The Balaban J connectivity index is 1.54. The van der Waals surface area contributed by atoms with Gasteiger partial charge >= 0.3 is 6.03 Å². The highest BCUT2D eigenvalue weighted by Gasteiger charge is 2.33. The van der Waals surface area contributed by atoms with Crippen molar-refractivity contribution in [1.29, 1.82) is 0 Å². The molecule has 0 bridgehead atoms. The van der Waals surface area contributed by atoms with E-state index >= 15 is 0 Å². The predicted octanol–water partition coefficient (Wildman–Crippen LogP) is 6.42. The van der Waals surface area contributed by atoms with Crippen LogP contribution in [0.3, 0.4) is 0 Å². The predicted molar refractivity (Wildman–Crippen MR) is 137 cm³/mol. The number of hydrogen-bond acceptors (Lipinski definition) is 4. The highest BCUT2D eigenvalue weighted by molar-refractivity contribution is 9.10. The molecule has 1 aliphatic rings. The molecule has 3 amide bonds. The summed E-state index contributed by atoms with van der Waals surface area (Å²) in [6, 6.07) is 16.4. The van der Waals surface area contributed by atoms with Gasteiger partial charge < -0.3 is 14.8 Å². The van der Waals surface area contributed by atoms with Gasteiger partial charge in [-0.2, -0.15) is 0 Å². The minimum absolute atomic E-state index is 0.0382. The molecule has 9 heteroatoms. The summed E-state index contributed by atoms with van der Waals surface area (Å²) >= 11 is 6.94. The largest absolute Gasteiger partial charge is 0.490 e. The van der Waals surface area contributed by atoms with Crippen LogP contribution in [0.15, 0.2) is 75.3 Å². The molecule has 0 aromatic heterocycles. The minimum atomic E-state index is -0.541. The average Bonchev–Trinajstić information content (AvgIpc) is 3.10. The quantitative estimate of drug-likeness (QED) is 0.238. The molecule has 1 saturated heterocycles. The van der Waals surface area contributed by atoms with E-state index in [1.165, 1.54) is 24.3 Å². The van der Waals surface area contributed by atoms with Crippen molar-refractivity contribution in [3.8, 4) is 11.5 Å². The Morgan fingerprint density at radius 2 is 1.60 bits per heavy atom. The summed E-state index contributed by atoms with van der Waals surface area (Å²) in [7, 11) is 0. The van der Waals surface area contributed by atoms with Gasteiger partial charge in [0.1, 0.15) is 18.1 Å². The first-order chi connectivity index (χ1) is 16.8. The van der Waals surface area contributed by atoms with Crippen molar-refractivity contribution in [3.05, 3.63) is 97.8 Å². The number of nitrogens with zero attached hydrogens (tertiary/aromatic N) is 1. The number of imide groups is 1. The third kappa shape index (κ3) is 6.10. The molecule has 1 heterocycles. The molecular formula is C26H21Br2FN2O4. The maximum absolute atomic E-state index is 13.2. The van der Waals surface area contributed by atoms with E-state index in [-0.39, 0.29) is 18.1 Å². The summed E-state index contributed by atoms with van der Waals surface area (Å²) in [5.41, 5.74) is 2.40.